The Labute approximate surface area is 157 Å². The van der Waals surface area contributed by atoms with E-state index in [1.807, 2.05) is 31.2 Å². The van der Waals surface area contributed by atoms with Gasteiger partial charge in [0.05, 0.1) is 16.9 Å². The van der Waals surface area contributed by atoms with Crippen LogP contribution < -0.4 is 10.6 Å². The van der Waals surface area contributed by atoms with Crippen molar-refractivity contribution < 1.29 is 9.59 Å². The van der Waals surface area contributed by atoms with Crippen LogP contribution in [0.4, 0.5) is 11.4 Å². The Balaban J connectivity index is 1.69. The van der Waals surface area contributed by atoms with Gasteiger partial charge in [-0.15, -0.1) is 0 Å². The number of aryl methyl sites for hydroxylation is 1. The van der Waals surface area contributed by atoms with Gasteiger partial charge in [0.2, 0.25) is 5.91 Å². The summed E-state index contributed by atoms with van der Waals surface area (Å²) < 4.78 is 0. The largest absolute Gasteiger partial charge is 0.321 e. The number of aromatic nitrogens is 1. The minimum absolute atomic E-state index is 0.279. The Hall–Kier alpha value is -3.73. The molecule has 0 aliphatic heterocycles. The lowest BCUT2D eigenvalue weighted by atomic mass is 10.1. The topological polar surface area (TPSA) is 71.1 Å². The van der Waals surface area contributed by atoms with Crippen molar-refractivity contribution in [1.82, 2.24) is 4.98 Å². The SMILES string of the molecule is Cc1ccc(/C=C/C(=O)Nc2ccccc2NC(=O)c2cccnc2)cc1. The highest BCUT2D eigenvalue weighted by molar-refractivity contribution is 6.08. The quantitative estimate of drug-likeness (QED) is 0.669. The van der Waals surface area contributed by atoms with Crippen LogP contribution in [0, 0.1) is 6.92 Å². The van der Waals surface area contributed by atoms with Crippen LogP contribution in [0.2, 0.25) is 0 Å². The molecule has 0 atom stereocenters. The van der Waals surface area contributed by atoms with E-state index in [0.29, 0.717) is 16.9 Å². The van der Waals surface area contributed by atoms with Crippen LogP contribution in [0.25, 0.3) is 6.08 Å². The zero-order valence-corrected chi connectivity index (χ0v) is 14.8. The minimum atomic E-state index is -0.292. The summed E-state index contributed by atoms with van der Waals surface area (Å²) >= 11 is 0. The molecule has 0 aliphatic rings. The number of pyridine rings is 1. The van der Waals surface area contributed by atoms with Crippen molar-refractivity contribution in [3.05, 3.63) is 95.8 Å². The fourth-order valence-electron chi connectivity index (χ4n) is 2.42. The summed E-state index contributed by atoms with van der Waals surface area (Å²) in [6.45, 7) is 2.01. The van der Waals surface area contributed by atoms with E-state index >= 15 is 0 Å². The van der Waals surface area contributed by atoms with Crippen molar-refractivity contribution in [1.29, 1.82) is 0 Å². The first-order valence-electron chi connectivity index (χ1n) is 8.48. The molecule has 1 heterocycles. The Morgan fingerprint density at radius 3 is 2.26 bits per heavy atom. The fourth-order valence-corrected chi connectivity index (χ4v) is 2.42. The van der Waals surface area contributed by atoms with Gasteiger partial charge in [0.15, 0.2) is 0 Å². The summed E-state index contributed by atoms with van der Waals surface area (Å²) in [6, 6.07) is 18.3. The van der Waals surface area contributed by atoms with Crippen molar-refractivity contribution in [2.24, 2.45) is 0 Å². The average molecular weight is 357 g/mol. The van der Waals surface area contributed by atoms with E-state index in [0.717, 1.165) is 11.1 Å². The molecule has 2 amide bonds. The molecule has 0 fully saturated rings. The van der Waals surface area contributed by atoms with Crippen LogP contribution in [0.1, 0.15) is 21.5 Å². The number of nitrogens with one attached hydrogen (secondary N) is 2. The second kappa shape index (κ2) is 8.58. The molecule has 0 saturated carbocycles. The molecule has 2 N–H and O–H groups in total. The Kier molecular flexibility index (Phi) is 5.74. The van der Waals surface area contributed by atoms with Crippen molar-refractivity contribution in [2.45, 2.75) is 6.92 Å². The first-order valence-corrected chi connectivity index (χ1v) is 8.48. The van der Waals surface area contributed by atoms with Crippen molar-refractivity contribution in [3.8, 4) is 0 Å². The molecule has 0 saturated heterocycles. The number of benzene rings is 2. The molecule has 27 heavy (non-hydrogen) atoms. The van der Waals surface area contributed by atoms with Gasteiger partial charge in [-0.05, 0) is 42.8 Å². The molecule has 0 unspecified atom stereocenters. The number of rotatable bonds is 5. The molecule has 0 aliphatic carbocycles. The molecule has 0 bridgehead atoms. The maximum Gasteiger partial charge on any atom is 0.257 e. The summed E-state index contributed by atoms with van der Waals surface area (Å²) in [5.74, 6) is -0.571. The van der Waals surface area contributed by atoms with Gasteiger partial charge in [-0.25, -0.2) is 0 Å². The molecule has 0 radical (unpaired) electrons. The first-order chi connectivity index (χ1) is 13.1. The molecule has 134 valence electrons. The van der Waals surface area contributed by atoms with Crippen LogP contribution in [-0.2, 0) is 4.79 Å². The van der Waals surface area contributed by atoms with Gasteiger partial charge in [-0.3, -0.25) is 14.6 Å². The maximum atomic E-state index is 12.3. The predicted molar refractivity (Wildman–Crippen MR) is 107 cm³/mol. The second-order valence-electron chi connectivity index (χ2n) is 5.97. The summed E-state index contributed by atoms with van der Waals surface area (Å²) in [5.41, 5.74) is 3.58. The standard InChI is InChI=1S/C22H19N3O2/c1-16-8-10-17(11-9-16)12-13-21(26)24-19-6-2-3-7-20(19)25-22(27)18-5-4-14-23-15-18/h2-15H,1H3,(H,24,26)(H,25,27)/b13-12+. The van der Waals surface area contributed by atoms with Crippen LogP contribution in [0.3, 0.4) is 0 Å². The van der Waals surface area contributed by atoms with Crippen LogP contribution in [0.15, 0.2) is 79.1 Å². The summed E-state index contributed by atoms with van der Waals surface area (Å²) in [4.78, 5) is 28.5. The molecule has 5 heteroatoms. The van der Waals surface area contributed by atoms with Gasteiger partial charge in [0.25, 0.3) is 5.91 Å². The Morgan fingerprint density at radius 1 is 0.889 bits per heavy atom. The van der Waals surface area contributed by atoms with Crippen LogP contribution in [-0.4, -0.2) is 16.8 Å². The van der Waals surface area contributed by atoms with E-state index in [9.17, 15) is 9.59 Å². The highest BCUT2D eigenvalue weighted by Gasteiger charge is 2.10. The van der Waals surface area contributed by atoms with Crippen molar-refractivity contribution in [3.63, 3.8) is 0 Å². The van der Waals surface area contributed by atoms with Crippen molar-refractivity contribution >= 4 is 29.3 Å². The molecule has 1 aromatic heterocycles. The Bertz CT molecular complexity index is 964. The molecular formula is C22H19N3O2. The van der Waals surface area contributed by atoms with E-state index in [1.54, 1.807) is 48.7 Å². The lowest BCUT2D eigenvalue weighted by molar-refractivity contribution is -0.111. The van der Waals surface area contributed by atoms with Gasteiger partial charge < -0.3 is 10.6 Å². The van der Waals surface area contributed by atoms with Crippen LogP contribution >= 0.6 is 0 Å². The molecule has 3 aromatic rings. The average Bonchev–Trinajstić information content (AvgIpc) is 2.70. The summed E-state index contributed by atoms with van der Waals surface area (Å²) in [5, 5.41) is 5.59. The molecule has 5 nitrogen and oxygen atoms in total. The van der Waals surface area contributed by atoms with Gasteiger partial charge in [-0.2, -0.15) is 0 Å². The fraction of sp³-hybridized carbons (Fsp3) is 0.0455. The highest BCUT2D eigenvalue weighted by atomic mass is 16.2. The van der Waals surface area contributed by atoms with Gasteiger partial charge >= 0.3 is 0 Å². The number of hydrogen-bond acceptors (Lipinski definition) is 3. The third-order valence-electron chi connectivity index (χ3n) is 3.86. The predicted octanol–water partition coefficient (Wildman–Crippen LogP) is 4.29. The van der Waals surface area contributed by atoms with E-state index in [2.05, 4.69) is 15.6 Å². The normalized spacial score (nSPS) is 10.6. The lowest BCUT2D eigenvalue weighted by Gasteiger charge is -2.11. The third kappa shape index (κ3) is 5.12. The van der Waals surface area contributed by atoms with E-state index < -0.39 is 0 Å². The highest BCUT2D eigenvalue weighted by Crippen LogP contribution is 2.21. The second-order valence-corrected chi connectivity index (χ2v) is 5.97. The Morgan fingerprint density at radius 2 is 1.59 bits per heavy atom. The zero-order chi connectivity index (χ0) is 19.1. The molecule has 2 aromatic carbocycles. The first kappa shape index (κ1) is 18.1. The van der Waals surface area contributed by atoms with E-state index in [-0.39, 0.29) is 11.8 Å². The maximum absolute atomic E-state index is 12.3. The number of hydrogen-bond donors (Lipinski definition) is 2. The monoisotopic (exact) mass is 357 g/mol. The summed E-state index contributed by atoms with van der Waals surface area (Å²) in [6.07, 6.45) is 6.29. The van der Waals surface area contributed by atoms with E-state index in [1.165, 1.54) is 12.3 Å². The van der Waals surface area contributed by atoms with Gasteiger partial charge in [0.1, 0.15) is 0 Å². The van der Waals surface area contributed by atoms with Crippen molar-refractivity contribution in [2.75, 3.05) is 10.6 Å². The molecular weight excluding hydrogens is 338 g/mol. The lowest BCUT2D eigenvalue weighted by Crippen LogP contribution is -2.15. The van der Waals surface area contributed by atoms with E-state index in [4.69, 9.17) is 0 Å². The van der Waals surface area contributed by atoms with Crippen LogP contribution in [0.5, 0.6) is 0 Å². The molecule has 3 rings (SSSR count). The molecule has 0 spiro atoms. The van der Waals surface area contributed by atoms with Gasteiger partial charge in [-0.1, -0.05) is 42.0 Å². The number of carbonyl (C=O) groups excluding carboxylic acids is 2. The van der Waals surface area contributed by atoms with Gasteiger partial charge in [0, 0.05) is 18.5 Å². The summed E-state index contributed by atoms with van der Waals surface area (Å²) in [7, 11) is 0. The number of anilines is 2. The minimum Gasteiger partial charge on any atom is -0.321 e. The zero-order valence-electron chi connectivity index (χ0n) is 14.8. The number of carbonyl (C=O) groups is 2. The third-order valence-corrected chi connectivity index (χ3v) is 3.86. The number of nitrogens with zero attached hydrogens (tertiary/aromatic N) is 1. The smallest absolute Gasteiger partial charge is 0.257 e. The number of amides is 2. The number of para-hydroxylation sites is 2.